The molecule has 0 aliphatic heterocycles. The molecule has 1 saturated carbocycles. The first kappa shape index (κ1) is 12.2. The van der Waals surface area contributed by atoms with Crippen molar-refractivity contribution in [3.05, 3.63) is 34.9 Å². The fraction of sp³-hybridized carbons (Fsp3) is 0.462. The zero-order valence-corrected chi connectivity index (χ0v) is 10.5. The van der Waals surface area contributed by atoms with Crippen LogP contribution in [-0.2, 0) is 6.42 Å². The highest BCUT2D eigenvalue weighted by Gasteiger charge is 2.21. The van der Waals surface area contributed by atoms with Crippen molar-refractivity contribution in [3.63, 3.8) is 0 Å². The van der Waals surface area contributed by atoms with Gasteiger partial charge >= 0.3 is 6.03 Å². The van der Waals surface area contributed by atoms with E-state index in [0.717, 1.165) is 23.9 Å². The van der Waals surface area contributed by atoms with Crippen LogP contribution in [0.3, 0.4) is 0 Å². The van der Waals surface area contributed by atoms with Crippen LogP contribution < -0.4 is 10.6 Å². The number of carbonyl (C=O) groups excluding carboxylic acids is 1. The lowest BCUT2D eigenvalue weighted by molar-refractivity contribution is 0.240. The van der Waals surface area contributed by atoms with Crippen LogP contribution in [0.4, 0.5) is 4.79 Å². The van der Waals surface area contributed by atoms with Gasteiger partial charge in [-0.1, -0.05) is 23.7 Å². The number of urea groups is 1. The maximum Gasteiger partial charge on any atom is 0.314 e. The Labute approximate surface area is 107 Å². The molecule has 0 radical (unpaired) electrons. The number of halogens is 1. The number of rotatable bonds is 5. The van der Waals surface area contributed by atoms with Crippen LogP contribution in [0.25, 0.3) is 0 Å². The molecule has 0 bridgehead atoms. The van der Waals surface area contributed by atoms with Crippen LogP contribution in [0.1, 0.15) is 18.4 Å². The van der Waals surface area contributed by atoms with Crippen LogP contribution in [0, 0.1) is 5.92 Å². The average Bonchev–Trinajstić information content (AvgIpc) is 3.13. The smallest absolute Gasteiger partial charge is 0.314 e. The largest absolute Gasteiger partial charge is 0.338 e. The van der Waals surface area contributed by atoms with E-state index in [9.17, 15) is 4.79 Å². The molecule has 1 aromatic rings. The molecule has 0 atom stereocenters. The maximum atomic E-state index is 11.4. The Kier molecular flexibility index (Phi) is 4.26. The third-order valence-corrected chi connectivity index (χ3v) is 3.11. The van der Waals surface area contributed by atoms with Crippen molar-refractivity contribution < 1.29 is 4.79 Å². The van der Waals surface area contributed by atoms with Gasteiger partial charge in [0.05, 0.1) is 0 Å². The first-order valence-electron chi connectivity index (χ1n) is 6.00. The van der Waals surface area contributed by atoms with Gasteiger partial charge < -0.3 is 10.6 Å². The molecule has 0 unspecified atom stereocenters. The predicted octanol–water partition coefficient (Wildman–Crippen LogP) is 2.59. The summed E-state index contributed by atoms with van der Waals surface area (Å²) in [5.41, 5.74) is 1.18. The summed E-state index contributed by atoms with van der Waals surface area (Å²) in [5.74, 6) is 0.719. The first-order valence-corrected chi connectivity index (χ1v) is 6.38. The fourth-order valence-corrected chi connectivity index (χ4v) is 1.72. The topological polar surface area (TPSA) is 41.1 Å². The van der Waals surface area contributed by atoms with Crippen molar-refractivity contribution >= 4 is 17.6 Å². The Bertz CT molecular complexity index is 374. The molecule has 0 aromatic heterocycles. The van der Waals surface area contributed by atoms with Gasteiger partial charge in [0.2, 0.25) is 0 Å². The predicted molar refractivity (Wildman–Crippen MR) is 69.3 cm³/mol. The number of amides is 2. The van der Waals surface area contributed by atoms with E-state index in [0.29, 0.717) is 6.54 Å². The SMILES string of the molecule is O=C(NCCc1ccc(Cl)cc1)NCC1CC1. The summed E-state index contributed by atoms with van der Waals surface area (Å²) >= 11 is 5.79. The monoisotopic (exact) mass is 252 g/mol. The zero-order valence-electron chi connectivity index (χ0n) is 9.71. The molecule has 3 nitrogen and oxygen atoms in total. The molecule has 0 spiro atoms. The molecule has 2 rings (SSSR count). The number of carbonyl (C=O) groups is 1. The second kappa shape index (κ2) is 5.92. The summed E-state index contributed by atoms with van der Waals surface area (Å²) in [5, 5.41) is 6.45. The third kappa shape index (κ3) is 4.65. The van der Waals surface area contributed by atoms with E-state index in [4.69, 9.17) is 11.6 Å². The van der Waals surface area contributed by atoms with E-state index in [2.05, 4.69) is 10.6 Å². The zero-order chi connectivity index (χ0) is 12.1. The van der Waals surface area contributed by atoms with E-state index < -0.39 is 0 Å². The highest BCUT2D eigenvalue weighted by atomic mass is 35.5. The number of hydrogen-bond donors (Lipinski definition) is 2. The molecule has 0 heterocycles. The van der Waals surface area contributed by atoms with E-state index in [1.165, 1.54) is 18.4 Å². The Morgan fingerprint density at radius 2 is 1.94 bits per heavy atom. The van der Waals surface area contributed by atoms with Gasteiger partial charge in [-0.15, -0.1) is 0 Å². The standard InChI is InChI=1S/C13H17ClN2O/c14-12-5-3-10(4-6-12)7-8-15-13(17)16-9-11-1-2-11/h3-6,11H,1-2,7-9H2,(H2,15,16,17). The molecular formula is C13H17ClN2O. The van der Waals surface area contributed by atoms with Crippen LogP contribution in [-0.4, -0.2) is 19.1 Å². The Morgan fingerprint density at radius 1 is 1.24 bits per heavy atom. The highest BCUT2D eigenvalue weighted by Crippen LogP contribution is 2.27. The molecule has 4 heteroatoms. The quantitative estimate of drug-likeness (QED) is 0.831. The van der Waals surface area contributed by atoms with Crippen molar-refractivity contribution in [1.29, 1.82) is 0 Å². The molecule has 92 valence electrons. The summed E-state index contributed by atoms with van der Waals surface area (Å²) in [6, 6.07) is 7.62. The van der Waals surface area contributed by atoms with E-state index >= 15 is 0 Å². The Hall–Kier alpha value is -1.22. The van der Waals surface area contributed by atoms with Crippen molar-refractivity contribution in [2.24, 2.45) is 5.92 Å². The van der Waals surface area contributed by atoms with Gasteiger partial charge in [0.15, 0.2) is 0 Å². The lowest BCUT2D eigenvalue weighted by atomic mass is 10.1. The fourth-order valence-electron chi connectivity index (χ4n) is 1.59. The minimum atomic E-state index is -0.0640. The summed E-state index contributed by atoms with van der Waals surface area (Å²) in [6.07, 6.45) is 3.34. The molecule has 1 aliphatic carbocycles. The maximum absolute atomic E-state index is 11.4. The van der Waals surface area contributed by atoms with Crippen molar-refractivity contribution in [2.75, 3.05) is 13.1 Å². The third-order valence-electron chi connectivity index (χ3n) is 2.86. The minimum Gasteiger partial charge on any atom is -0.338 e. The summed E-state index contributed by atoms with van der Waals surface area (Å²) in [6.45, 7) is 1.46. The molecule has 2 N–H and O–H groups in total. The van der Waals surface area contributed by atoms with Gasteiger partial charge in [-0.3, -0.25) is 0 Å². The Morgan fingerprint density at radius 3 is 2.59 bits per heavy atom. The second-order valence-corrected chi connectivity index (χ2v) is 4.89. The minimum absolute atomic E-state index is 0.0640. The number of hydrogen-bond acceptors (Lipinski definition) is 1. The van der Waals surface area contributed by atoms with Gasteiger partial charge in [0.1, 0.15) is 0 Å². The molecular weight excluding hydrogens is 236 g/mol. The van der Waals surface area contributed by atoms with Gasteiger partial charge in [-0.25, -0.2) is 4.79 Å². The van der Waals surface area contributed by atoms with Gasteiger partial charge in [-0.05, 0) is 42.9 Å². The number of nitrogens with one attached hydrogen (secondary N) is 2. The van der Waals surface area contributed by atoms with Crippen molar-refractivity contribution in [3.8, 4) is 0 Å². The van der Waals surface area contributed by atoms with E-state index in [-0.39, 0.29) is 6.03 Å². The average molecular weight is 253 g/mol. The van der Waals surface area contributed by atoms with Crippen LogP contribution in [0.5, 0.6) is 0 Å². The normalized spacial score (nSPS) is 14.4. The molecule has 0 saturated heterocycles. The van der Waals surface area contributed by atoms with Crippen molar-refractivity contribution in [1.82, 2.24) is 10.6 Å². The van der Waals surface area contributed by atoms with Crippen molar-refractivity contribution in [2.45, 2.75) is 19.3 Å². The second-order valence-electron chi connectivity index (χ2n) is 4.46. The molecule has 1 fully saturated rings. The van der Waals surface area contributed by atoms with Crippen LogP contribution in [0.15, 0.2) is 24.3 Å². The lowest BCUT2D eigenvalue weighted by Crippen LogP contribution is -2.37. The molecule has 1 aliphatic rings. The number of benzene rings is 1. The summed E-state index contributed by atoms with van der Waals surface area (Å²) in [7, 11) is 0. The Balaban J connectivity index is 1.61. The first-order chi connectivity index (χ1) is 8.24. The summed E-state index contributed by atoms with van der Waals surface area (Å²) in [4.78, 5) is 11.4. The highest BCUT2D eigenvalue weighted by molar-refractivity contribution is 6.30. The van der Waals surface area contributed by atoms with Gasteiger partial charge in [-0.2, -0.15) is 0 Å². The van der Waals surface area contributed by atoms with Crippen LogP contribution >= 0.6 is 11.6 Å². The van der Waals surface area contributed by atoms with Crippen LogP contribution in [0.2, 0.25) is 5.02 Å². The summed E-state index contributed by atoms with van der Waals surface area (Å²) < 4.78 is 0. The molecule has 2 amide bonds. The molecule has 17 heavy (non-hydrogen) atoms. The lowest BCUT2D eigenvalue weighted by Gasteiger charge is -2.07. The van der Waals surface area contributed by atoms with E-state index in [1.54, 1.807) is 0 Å². The van der Waals surface area contributed by atoms with Gasteiger partial charge in [0.25, 0.3) is 0 Å². The van der Waals surface area contributed by atoms with E-state index in [1.807, 2.05) is 24.3 Å². The molecule has 1 aromatic carbocycles. The van der Waals surface area contributed by atoms with Gasteiger partial charge in [0, 0.05) is 18.1 Å².